The zero-order chi connectivity index (χ0) is 24.2. The van der Waals surface area contributed by atoms with Crippen molar-refractivity contribution in [2.75, 3.05) is 39.2 Å². The molecule has 32 heavy (non-hydrogen) atoms. The third-order valence-corrected chi connectivity index (χ3v) is 7.74. The van der Waals surface area contributed by atoms with E-state index in [9.17, 15) is 21.6 Å². The maximum absolute atomic E-state index is 12.7. The summed E-state index contributed by atoms with van der Waals surface area (Å²) in [5, 5.41) is 11.7. The average molecular weight is 547 g/mol. The zero-order valence-corrected chi connectivity index (χ0v) is 21.0. The lowest BCUT2D eigenvalue weighted by atomic mass is 9.93. The van der Waals surface area contributed by atoms with Gasteiger partial charge in [-0.25, -0.2) is 8.42 Å². The van der Waals surface area contributed by atoms with Crippen LogP contribution < -0.4 is 5.32 Å². The van der Waals surface area contributed by atoms with Gasteiger partial charge in [0.2, 0.25) is 10.0 Å². The normalized spacial score (nSPS) is 19.5. The Kier molecular flexibility index (Phi) is 13.3. The molecular weight excluding hydrogens is 513 g/mol. The summed E-state index contributed by atoms with van der Waals surface area (Å²) in [6, 6.07) is 3.48. The number of sulfonamides is 1. The Hall–Kier alpha value is -0.720. The number of likely N-dealkylation sites (N-methyl/N-ethyl adjacent to an activating group) is 1. The van der Waals surface area contributed by atoms with E-state index < -0.39 is 21.8 Å². The maximum Gasteiger partial charge on any atom is 0.416 e. The van der Waals surface area contributed by atoms with Crippen LogP contribution in [0, 0.1) is 0 Å². The standard InChI is InChI=1S/C18H25BrF3NO3S.C3H9NO/c1-23(15-6-8-16(9-7-15)26-13-3-2-12-19)27(24,25)17-10-4-14(5-11-17)18(20,21)22;1-4-2-3-5/h4-5,10-11,15-16H,2-3,6-9,12-13H2,1H3;4-5H,2-3H2,1H3. The highest BCUT2D eigenvalue weighted by Gasteiger charge is 2.34. The number of benzene rings is 1. The SMILES string of the molecule is CN(C1CCC(OCCCCBr)CC1)S(=O)(=O)c1ccc(C(F)(F)F)cc1.CNCCO. The first-order valence-corrected chi connectivity index (χ1v) is 13.2. The molecule has 0 amide bonds. The minimum absolute atomic E-state index is 0.119. The van der Waals surface area contributed by atoms with Crippen molar-refractivity contribution in [2.24, 2.45) is 0 Å². The van der Waals surface area contributed by atoms with Crippen LogP contribution in [0.15, 0.2) is 29.2 Å². The van der Waals surface area contributed by atoms with Crippen molar-refractivity contribution in [1.82, 2.24) is 9.62 Å². The van der Waals surface area contributed by atoms with Crippen molar-refractivity contribution >= 4 is 26.0 Å². The Balaban J connectivity index is 0.000000920. The van der Waals surface area contributed by atoms with Gasteiger partial charge >= 0.3 is 6.18 Å². The van der Waals surface area contributed by atoms with E-state index >= 15 is 0 Å². The van der Waals surface area contributed by atoms with E-state index in [1.807, 2.05) is 0 Å². The van der Waals surface area contributed by atoms with Crippen molar-refractivity contribution in [1.29, 1.82) is 0 Å². The highest BCUT2D eigenvalue weighted by atomic mass is 79.9. The fourth-order valence-corrected chi connectivity index (χ4v) is 5.12. The van der Waals surface area contributed by atoms with E-state index in [2.05, 4.69) is 21.2 Å². The van der Waals surface area contributed by atoms with Gasteiger partial charge < -0.3 is 15.2 Å². The van der Waals surface area contributed by atoms with Crippen molar-refractivity contribution in [3.8, 4) is 0 Å². The second-order valence-electron chi connectivity index (χ2n) is 7.57. The average Bonchev–Trinajstić information content (AvgIpc) is 2.77. The van der Waals surface area contributed by atoms with E-state index in [1.165, 1.54) is 11.4 Å². The van der Waals surface area contributed by atoms with E-state index in [-0.39, 0.29) is 23.6 Å². The summed E-state index contributed by atoms with van der Waals surface area (Å²) in [4.78, 5) is -0.119. The summed E-state index contributed by atoms with van der Waals surface area (Å²) >= 11 is 3.38. The van der Waals surface area contributed by atoms with Gasteiger partial charge in [0.1, 0.15) is 0 Å². The van der Waals surface area contributed by atoms with Crippen LogP contribution in [0.3, 0.4) is 0 Å². The topological polar surface area (TPSA) is 78.9 Å². The number of unbranched alkanes of at least 4 members (excludes halogenated alkanes) is 1. The summed E-state index contributed by atoms with van der Waals surface area (Å²) in [7, 11) is -0.526. The van der Waals surface area contributed by atoms with E-state index in [4.69, 9.17) is 9.84 Å². The lowest BCUT2D eigenvalue weighted by molar-refractivity contribution is -0.137. The highest BCUT2D eigenvalue weighted by Crippen LogP contribution is 2.32. The van der Waals surface area contributed by atoms with E-state index in [0.717, 1.165) is 55.3 Å². The number of rotatable bonds is 10. The molecule has 2 rings (SSSR count). The van der Waals surface area contributed by atoms with Crippen molar-refractivity contribution in [3.05, 3.63) is 29.8 Å². The van der Waals surface area contributed by atoms with Crippen LogP contribution in [0.5, 0.6) is 0 Å². The molecule has 0 unspecified atom stereocenters. The predicted molar refractivity (Wildman–Crippen MR) is 122 cm³/mol. The summed E-state index contributed by atoms with van der Waals surface area (Å²) in [5.74, 6) is 0. The van der Waals surface area contributed by atoms with Gasteiger partial charge in [-0.05, 0) is 69.8 Å². The number of halogens is 4. The number of hydrogen-bond acceptors (Lipinski definition) is 5. The van der Waals surface area contributed by atoms with Gasteiger partial charge in [-0.15, -0.1) is 0 Å². The fourth-order valence-electron chi connectivity index (χ4n) is 3.31. The molecule has 1 aliphatic rings. The van der Waals surface area contributed by atoms with Gasteiger partial charge in [0.15, 0.2) is 0 Å². The molecule has 0 heterocycles. The molecule has 0 bridgehead atoms. The molecule has 1 saturated carbocycles. The summed E-state index contributed by atoms with van der Waals surface area (Å²) in [6.07, 6.45) is 0.646. The molecule has 11 heteroatoms. The molecule has 0 radical (unpaired) electrons. The van der Waals surface area contributed by atoms with Crippen LogP contribution in [-0.4, -0.2) is 69.2 Å². The molecule has 1 fully saturated rings. The number of ether oxygens (including phenoxy) is 1. The maximum atomic E-state index is 12.7. The molecule has 6 nitrogen and oxygen atoms in total. The minimum atomic E-state index is -4.49. The van der Waals surface area contributed by atoms with Crippen LogP contribution in [0.4, 0.5) is 13.2 Å². The number of hydrogen-bond donors (Lipinski definition) is 2. The molecule has 0 aromatic heterocycles. The Morgan fingerprint density at radius 3 is 2.19 bits per heavy atom. The number of aliphatic hydroxyl groups excluding tert-OH is 1. The minimum Gasteiger partial charge on any atom is -0.395 e. The number of alkyl halides is 4. The van der Waals surface area contributed by atoms with Crippen molar-refractivity contribution in [2.45, 2.75) is 61.7 Å². The summed E-state index contributed by atoms with van der Waals surface area (Å²) < 4.78 is 70.6. The van der Waals surface area contributed by atoms with Crippen LogP contribution in [0.25, 0.3) is 0 Å². The Morgan fingerprint density at radius 1 is 1.16 bits per heavy atom. The predicted octanol–water partition coefficient (Wildman–Crippen LogP) is 4.03. The molecule has 1 aliphatic carbocycles. The molecule has 0 saturated heterocycles. The van der Waals surface area contributed by atoms with Crippen molar-refractivity contribution in [3.63, 3.8) is 0 Å². The number of nitrogens with one attached hydrogen (secondary N) is 1. The Labute approximate surface area is 197 Å². The van der Waals surface area contributed by atoms with Gasteiger partial charge in [-0.2, -0.15) is 17.5 Å². The van der Waals surface area contributed by atoms with Crippen molar-refractivity contribution < 1.29 is 31.4 Å². The monoisotopic (exact) mass is 546 g/mol. The van der Waals surface area contributed by atoms with Crippen LogP contribution >= 0.6 is 15.9 Å². The fraction of sp³-hybridized carbons (Fsp3) is 0.714. The molecule has 1 aromatic rings. The quantitative estimate of drug-likeness (QED) is 0.342. The van der Waals surface area contributed by atoms with Gasteiger partial charge in [0.05, 0.1) is 23.2 Å². The smallest absolute Gasteiger partial charge is 0.395 e. The Morgan fingerprint density at radius 2 is 1.75 bits per heavy atom. The summed E-state index contributed by atoms with van der Waals surface area (Å²) in [5.41, 5.74) is -0.860. The van der Waals surface area contributed by atoms with E-state index in [1.54, 1.807) is 7.05 Å². The molecule has 0 spiro atoms. The molecule has 1 aromatic carbocycles. The lowest BCUT2D eigenvalue weighted by Gasteiger charge is -2.34. The van der Waals surface area contributed by atoms with Crippen LogP contribution in [0.2, 0.25) is 0 Å². The second kappa shape index (κ2) is 14.5. The molecule has 0 atom stereocenters. The van der Waals surface area contributed by atoms with Gasteiger partial charge in [-0.3, -0.25) is 0 Å². The molecular formula is C21H34BrF3N2O4S. The van der Waals surface area contributed by atoms with Crippen LogP contribution in [0.1, 0.15) is 44.1 Å². The zero-order valence-electron chi connectivity index (χ0n) is 18.6. The largest absolute Gasteiger partial charge is 0.416 e. The number of aliphatic hydroxyl groups is 1. The number of nitrogens with zero attached hydrogens (tertiary/aromatic N) is 1. The van der Waals surface area contributed by atoms with Gasteiger partial charge in [0, 0.05) is 31.6 Å². The van der Waals surface area contributed by atoms with Crippen LogP contribution in [-0.2, 0) is 20.9 Å². The van der Waals surface area contributed by atoms with E-state index in [0.29, 0.717) is 26.0 Å². The molecule has 2 N–H and O–H groups in total. The first-order valence-electron chi connectivity index (χ1n) is 10.7. The third-order valence-electron chi connectivity index (χ3n) is 5.26. The third kappa shape index (κ3) is 9.64. The first kappa shape index (κ1) is 29.3. The summed E-state index contributed by atoms with van der Waals surface area (Å²) in [6.45, 7) is 1.64. The second-order valence-corrected chi connectivity index (χ2v) is 10.4. The van der Waals surface area contributed by atoms with Gasteiger partial charge in [-0.1, -0.05) is 15.9 Å². The Bertz CT molecular complexity index is 738. The lowest BCUT2D eigenvalue weighted by Crippen LogP contribution is -2.40. The first-order chi connectivity index (χ1) is 15.1. The highest BCUT2D eigenvalue weighted by molar-refractivity contribution is 9.09. The molecule has 0 aliphatic heterocycles. The van der Waals surface area contributed by atoms with Gasteiger partial charge in [0.25, 0.3) is 0 Å². The molecule has 186 valence electrons.